The predicted molar refractivity (Wildman–Crippen MR) is 133 cm³/mol. The first-order valence-electron chi connectivity index (χ1n) is 10.4. The summed E-state index contributed by atoms with van der Waals surface area (Å²) < 4.78 is 27.7. The first-order chi connectivity index (χ1) is 15.4. The molecule has 0 fully saturated rings. The van der Waals surface area contributed by atoms with Gasteiger partial charge in [0.25, 0.3) is 10.0 Å². The number of anilines is 1. The largest absolute Gasteiger partial charge is 0.354 e. The van der Waals surface area contributed by atoms with Gasteiger partial charge in [-0.2, -0.15) is 11.8 Å². The van der Waals surface area contributed by atoms with E-state index in [1.165, 1.54) is 23.3 Å². The molecule has 7 heteroatoms. The molecule has 0 aliphatic carbocycles. The molecule has 0 aromatic heterocycles. The van der Waals surface area contributed by atoms with Crippen molar-refractivity contribution in [3.63, 3.8) is 0 Å². The summed E-state index contributed by atoms with van der Waals surface area (Å²) in [6.45, 7) is 4.19. The molecule has 3 rings (SSSR count). The van der Waals surface area contributed by atoms with Crippen LogP contribution in [0.25, 0.3) is 0 Å². The zero-order chi connectivity index (χ0) is 23.0. The fraction of sp³-hybridized carbons (Fsp3) is 0.240. The smallest absolute Gasteiger partial charge is 0.264 e. The van der Waals surface area contributed by atoms with Crippen molar-refractivity contribution in [2.75, 3.05) is 23.1 Å². The highest BCUT2D eigenvalue weighted by Crippen LogP contribution is 2.23. The molecule has 0 aliphatic heterocycles. The molecule has 3 aromatic carbocycles. The SMILES string of the molecule is Cc1ccc(CSCCNC(=O)CN(c2ccc(C)cc2)S(=O)(=O)c2ccccc2)cc1. The van der Waals surface area contributed by atoms with Crippen molar-refractivity contribution in [3.8, 4) is 0 Å². The topological polar surface area (TPSA) is 66.5 Å². The molecular formula is C25H28N2O3S2. The summed E-state index contributed by atoms with van der Waals surface area (Å²) in [5.41, 5.74) is 3.95. The monoisotopic (exact) mass is 468 g/mol. The van der Waals surface area contributed by atoms with Crippen LogP contribution >= 0.6 is 11.8 Å². The third-order valence-corrected chi connectivity index (χ3v) is 7.72. The van der Waals surface area contributed by atoms with Gasteiger partial charge in [0.1, 0.15) is 6.54 Å². The van der Waals surface area contributed by atoms with Crippen LogP contribution < -0.4 is 9.62 Å². The van der Waals surface area contributed by atoms with Crippen LogP contribution in [0.2, 0.25) is 0 Å². The maximum atomic E-state index is 13.3. The van der Waals surface area contributed by atoms with Crippen molar-refractivity contribution in [1.82, 2.24) is 5.32 Å². The Balaban J connectivity index is 1.61. The minimum absolute atomic E-state index is 0.155. The van der Waals surface area contributed by atoms with E-state index < -0.39 is 10.0 Å². The molecule has 0 saturated heterocycles. The predicted octanol–water partition coefficient (Wildman–Crippen LogP) is 4.55. The van der Waals surface area contributed by atoms with Crippen LogP contribution in [-0.2, 0) is 20.6 Å². The molecule has 0 atom stereocenters. The Morgan fingerprint density at radius 2 is 1.47 bits per heavy atom. The lowest BCUT2D eigenvalue weighted by molar-refractivity contribution is -0.119. The molecule has 0 aliphatic rings. The quantitative estimate of drug-likeness (QED) is 0.444. The van der Waals surface area contributed by atoms with E-state index in [2.05, 4.69) is 36.5 Å². The van der Waals surface area contributed by atoms with Gasteiger partial charge in [-0.25, -0.2) is 8.42 Å². The first-order valence-corrected chi connectivity index (χ1v) is 13.0. The van der Waals surface area contributed by atoms with E-state index >= 15 is 0 Å². The molecule has 0 spiro atoms. The van der Waals surface area contributed by atoms with Crippen LogP contribution in [0.4, 0.5) is 5.69 Å². The fourth-order valence-electron chi connectivity index (χ4n) is 3.07. The molecule has 5 nitrogen and oxygen atoms in total. The van der Waals surface area contributed by atoms with Crippen molar-refractivity contribution in [2.45, 2.75) is 24.5 Å². The maximum absolute atomic E-state index is 13.3. The number of benzene rings is 3. The normalized spacial score (nSPS) is 11.2. The van der Waals surface area contributed by atoms with E-state index in [0.29, 0.717) is 12.2 Å². The minimum Gasteiger partial charge on any atom is -0.354 e. The van der Waals surface area contributed by atoms with Gasteiger partial charge in [0.2, 0.25) is 5.91 Å². The third kappa shape index (κ3) is 6.61. The molecule has 1 N–H and O–H groups in total. The number of nitrogens with zero attached hydrogens (tertiary/aromatic N) is 1. The van der Waals surface area contributed by atoms with Crippen molar-refractivity contribution in [3.05, 3.63) is 95.6 Å². The molecular weight excluding hydrogens is 440 g/mol. The number of rotatable bonds is 10. The molecule has 0 unspecified atom stereocenters. The van der Waals surface area contributed by atoms with Gasteiger partial charge < -0.3 is 5.32 Å². The Hall–Kier alpha value is -2.77. The molecule has 0 radical (unpaired) electrons. The molecule has 0 heterocycles. The average Bonchev–Trinajstić information content (AvgIpc) is 2.80. The Morgan fingerprint density at radius 1 is 0.875 bits per heavy atom. The number of aryl methyl sites for hydroxylation is 2. The van der Waals surface area contributed by atoms with Crippen LogP contribution in [0.5, 0.6) is 0 Å². The van der Waals surface area contributed by atoms with Gasteiger partial charge in [-0.15, -0.1) is 0 Å². The third-order valence-electron chi connectivity index (χ3n) is 4.90. The van der Waals surface area contributed by atoms with Crippen LogP contribution in [0.1, 0.15) is 16.7 Å². The lowest BCUT2D eigenvalue weighted by Crippen LogP contribution is -2.41. The second kappa shape index (κ2) is 11.2. The molecule has 0 saturated carbocycles. The maximum Gasteiger partial charge on any atom is 0.264 e. The summed E-state index contributed by atoms with van der Waals surface area (Å²) in [7, 11) is -3.87. The van der Waals surface area contributed by atoms with Crippen molar-refractivity contribution >= 4 is 33.4 Å². The number of carbonyl (C=O) groups excluding carboxylic acids is 1. The van der Waals surface area contributed by atoms with E-state index in [9.17, 15) is 13.2 Å². The number of thioether (sulfide) groups is 1. The number of nitrogens with one attached hydrogen (secondary N) is 1. The van der Waals surface area contributed by atoms with Crippen LogP contribution in [-0.4, -0.2) is 33.2 Å². The van der Waals surface area contributed by atoms with Gasteiger partial charge >= 0.3 is 0 Å². The lowest BCUT2D eigenvalue weighted by Gasteiger charge is -2.24. The Bertz CT molecular complexity index is 1110. The standard InChI is InChI=1S/C25H28N2O3S2/c1-20-8-12-22(13-9-20)19-31-17-16-26-25(28)18-27(23-14-10-21(2)11-15-23)32(29,30)24-6-4-3-5-7-24/h3-15H,16-19H2,1-2H3,(H,26,28). The average molecular weight is 469 g/mol. The van der Waals surface area contributed by atoms with Crippen molar-refractivity contribution in [2.24, 2.45) is 0 Å². The van der Waals surface area contributed by atoms with E-state index in [1.54, 1.807) is 42.1 Å². The molecule has 3 aromatic rings. The number of sulfonamides is 1. The lowest BCUT2D eigenvalue weighted by atomic mass is 10.2. The highest BCUT2D eigenvalue weighted by molar-refractivity contribution is 7.98. The minimum atomic E-state index is -3.87. The summed E-state index contributed by atoms with van der Waals surface area (Å²) in [5, 5.41) is 2.85. The highest BCUT2D eigenvalue weighted by Gasteiger charge is 2.26. The summed E-state index contributed by atoms with van der Waals surface area (Å²) in [6, 6.07) is 23.7. The van der Waals surface area contributed by atoms with E-state index in [0.717, 1.165) is 21.4 Å². The number of hydrogen-bond acceptors (Lipinski definition) is 4. The summed E-state index contributed by atoms with van der Waals surface area (Å²) in [6.07, 6.45) is 0. The zero-order valence-electron chi connectivity index (χ0n) is 18.3. The van der Waals surface area contributed by atoms with E-state index in [-0.39, 0.29) is 17.3 Å². The van der Waals surface area contributed by atoms with Gasteiger partial charge in [-0.1, -0.05) is 65.7 Å². The first kappa shape index (κ1) is 23.9. The highest BCUT2D eigenvalue weighted by atomic mass is 32.2. The van der Waals surface area contributed by atoms with Crippen LogP contribution in [0.15, 0.2) is 83.8 Å². The van der Waals surface area contributed by atoms with Crippen molar-refractivity contribution < 1.29 is 13.2 Å². The number of hydrogen-bond donors (Lipinski definition) is 1. The van der Waals surface area contributed by atoms with Gasteiger partial charge in [0, 0.05) is 18.1 Å². The summed E-state index contributed by atoms with van der Waals surface area (Å²) >= 11 is 1.73. The zero-order valence-corrected chi connectivity index (χ0v) is 20.0. The van der Waals surface area contributed by atoms with Crippen LogP contribution in [0, 0.1) is 13.8 Å². The van der Waals surface area contributed by atoms with Gasteiger partial charge in [0.05, 0.1) is 10.6 Å². The second-order valence-electron chi connectivity index (χ2n) is 7.55. The Morgan fingerprint density at radius 3 is 2.09 bits per heavy atom. The van der Waals surface area contributed by atoms with Gasteiger partial charge in [0.15, 0.2) is 0 Å². The number of carbonyl (C=O) groups is 1. The van der Waals surface area contributed by atoms with E-state index in [4.69, 9.17) is 0 Å². The van der Waals surface area contributed by atoms with Gasteiger partial charge in [-0.3, -0.25) is 9.10 Å². The fourth-order valence-corrected chi connectivity index (χ4v) is 5.33. The van der Waals surface area contributed by atoms with Crippen LogP contribution in [0.3, 0.4) is 0 Å². The Kier molecular flexibility index (Phi) is 8.36. The summed E-state index contributed by atoms with van der Waals surface area (Å²) in [4.78, 5) is 12.8. The second-order valence-corrected chi connectivity index (χ2v) is 10.5. The summed E-state index contributed by atoms with van der Waals surface area (Å²) in [5.74, 6) is 1.28. The van der Waals surface area contributed by atoms with Gasteiger partial charge in [-0.05, 0) is 43.7 Å². The Labute approximate surface area is 194 Å². The molecule has 168 valence electrons. The van der Waals surface area contributed by atoms with E-state index in [1.807, 2.05) is 19.1 Å². The van der Waals surface area contributed by atoms with Crippen molar-refractivity contribution in [1.29, 1.82) is 0 Å². The number of amides is 1. The molecule has 1 amide bonds. The molecule has 0 bridgehead atoms. The molecule has 32 heavy (non-hydrogen) atoms.